The summed E-state index contributed by atoms with van der Waals surface area (Å²) in [6.45, 7) is 1.27. The normalized spacial score (nSPS) is 22.0. The summed E-state index contributed by atoms with van der Waals surface area (Å²) >= 11 is 0. The van der Waals surface area contributed by atoms with Gasteiger partial charge in [-0.25, -0.2) is 9.78 Å². The first-order valence-electron chi connectivity index (χ1n) is 14.4. The van der Waals surface area contributed by atoms with Crippen molar-refractivity contribution in [1.82, 2.24) is 24.6 Å². The van der Waals surface area contributed by atoms with Crippen molar-refractivity contribution >= 4 is 59.5 Å². The van der Waals surface area contributed by atoms with Crippen LogP contribution in [-0.2, 0) is 4.84 Å². The van der Waals surface area contributed by atoms with Crippen LogP contribution < -0.4 is 21.7 Å². The van der Waals surface area contributed by atoms with Crippen molar-refractivity contribution in [2.75, 3.05) is 29.0 Å². The van der Waals surface area contributed by atoms with Crippen molar-refractivity contribution in [3.8, 4) is 0 Å². The van der Waals surface area contributed by atoms with Crippen molar-refractivity contribution in [3.05, 3.63) is 36.7 Å². The number of benzene rings is 1. The summed E-state index contributed by atoms with van der Waals surface area (Å²) in [6, 6.07) is 10.6. The molecule has 224 valence electrons. The Kier molecular flexibility index (Phi) is 10.9. The highest BCUT2D eigenvalue weighted by molar-refractivity contribution is 5.86. The minimum absolute atomic E-state index is 0. The van der Waals surface area contributed by atoms with Gasteiger partial charge in [0.15, 0.2) is 17.0 Å². The molecule has 2 aromatic heterocycles. The SMILES string of the molecule is Cl.Cl.NC1CCC(Nc2nc(NC3CCN(OC(=O)Nc4ccccc4)CC3)c3ncn(C4CCCC4)c3n2)CC1. The van der Waals surface area contributed by atoms with Crippen LogP contribution in [0.1, 0.15) is 70.3 Å². The van der Waals surface area contributed by atoms with E-state index in [0.29, 0.717) is 42.9 Å². The average Bonchev–Trinajstić information content (AvgIpc) is 3.62. The van der Waals surface area contributed by atoms with Crippen LogP contribution in [0.2, 0.25) is 0 Å². The van der Waals surface area contributed by atoms with E-state index in [1.165, 1.54) is 12.8 Å². The second kappa shape index (κ2) is 14.4. The Balaban J connectivity index is 0.00000194. The van der Waals surface area contributed by atoms with Gasteiger partial charge in [0.05, 0.1) is 6.33 Å². The minimum atomic E-state index is -0.470. The number of halogens is 2. The Morgan fingerprint density at radius 3 is 2.27 bits per heavy atom. The van der Waals surface area contributed by atoms with Crippen molar-refractivity contribution in [2.24, 2.45) is 5.73 Å². The molecule has 0 atom stereocenters. The highest BCUT2D eigenvalue weighted by atomic mass is 35.5. The fraction of sp³-hybridized carbons (Fsp3) is 0.571. The largest absolute Gasteiger partial charge is 0.430 e. The molecule has 5 N–H and O–H groups in total. The predicted molar refractivity (Wildman–Crippen MR) is 166 cm³/mol. The van der Waals surface area contributed by atoms with E-state index in [4.69, 9.17) is 25.5 Å². The van der Waals surface area contributed by atoms with Crippen molar-refractivity contribution < 1.29 is 9.63 Å². The monoisotopic (exact) mass is 605 g/mol. The van der Waals surface area contributed by atoms with Crippen LogP contribution in [0.5, 0.6) is 0 Å². The number of nitrogens with two attached hydrogens (primary N) is 1. The highest BCUT2D eigenvalue weighted by Gasteiger charge is 2.27. The molecule has 3 aliphatic rings. The number of hydrogen-bond acceptors (Lipinski definition) is 9. The summed E-state index contributed by atoms with van der Waals surface area (Å²) in [5.41, 5.74) is 8.55. The van der Waals surface area contributed by atoms with E-state index in [1.807, 2.05) is 36.7 Å². The molecule has 3 fully saturated rings. The molecule has 0 bridgehead atoms. The Labute approximate surface area is 253 Å². The maximum absolute atomic E-state index is 12.3. The number of aromatic nitrogens is 4. The zero-order valence-corrected chi connectivity index (χ0v) is 24.8. The molecule has 0 spiro atoms. The summed E-state index contributed by atoms with van der Waals surface area (Å²) in [7, 11) is 0. The summed E-state index contributed by atoms with van der Waals surface area (Å²) in [5.74, 6) is 1.43. The summed E-state index contributed by atoms with van der Waals surface area (Å²) in [6.07, 6.45) is 12.0. The van der Waals surface area contributed by atoms with E-state index in [0.717, 1.165) is 68.3 Å². The van der Waals surface area contributed by atoms with E-state index in [1.54, 1.807) is 5.06 Å². The fourth-order valence-corrected chi connectivity index (χ4v) is 6.04. The van der Waals surface area contributed by atoms with Crippen LogP contribution in [-0.4, -0.2) is 61.9 Å². The van der Waals surface area contributed by atoms with E-state index >= 15 is 0 Å². The molecule has 41 heavy (non-hydrogen) atoms. The van der Waals surface area contributed by atoms with E-state index < -0.39 is 6.09 Å². The number of nitrogens with zero attached hydrogens (tertiary/aromatic N) is 5. The molecule has 1 aliphatic heterocycles. The number of piperidine rings is 1. The second-order valence-electron chi connectivity index (χ2n) is 11.1. The van der Waals surface area contributed by atoms with Gasteiger partial charge < -0.3 is 25.8 Å². The van der Waals surface area contributed by atoms with Gasteiger partial charge in [0, 0.05) is 42.9 Å². The molecule has 11 nitrogen and oxygen atoms in total. The first-order valence-corrected chi connectivity index (χ1v) is 14.4. The molecule has 0 radical (unpaired) electrons. The number of carbonyl (C=O) groups is 1. The van der Waals surface area contributed by atoms with Gasteiger partial charge in [-0.2, -0.15) is 9.97 Å². The van der Waals surface area contributed by atoms with Gasteiger partial charge >= 0.3 is 6.09 Å². The van der Waals surface area contributed by atoms with Gasteiger partial charge in [0.2, 0.25) is 5.95 Å². The first-order chi connectivity index (χ1) is 19.1. The maximum atomic E-state index is 12.3. The Bertz CT molecular complexity index is 1260. The molecule has 13 heteroatoms. The zero-order chi connectivity index (χ0) is 26.6. The lowest BCUT2D eigenvalue weighted by Crippen LogP contribution is -2.41. The second-order valence-corrected chi connectivity index (χ2v) is 11.1. The zero-order valence-electron chi connectivity index (χ0n) is 23.2. The van der Waals surface area contributed by atoms with Crippen molar-refractivity contribution in [3.63, 3.8) is 0 Å². The van der Waals surface area contributed by atoms with E-state index in [-0.39, 0.29) is 30.9 Å². The van der Waals surface area contributed by atoms with Gasteiger partial charge in [-0.05, 0) is 63.5 Å². The number of fused-ring (bicyclic) bond motifs is 1. The van der Waals surface area contributed by atoms with Gasteiger partial charge in [-0.3, -0.25) is 5.32 Å². The highest BCUT2D eigenvalue weighted by Crippen LogP contribution is 2.34. The van der Waals surface area contributed by atoms with Crippen LogP contribution in [0.3, 0.4) is 0 Å². The molecule has 1 aromatic carbocycles. The molecule has 1 amide bonds. The Morgan fingerprint density at radius 2 is 1.56 bits per heavy atom. The number of imidazole rings is 1. The predicted octanol–water partition coefficient (Wildman–Crippen LogP) is 5.51. The molecule has 3 heterocycles. The summed E-state index contributed by atoms with van der Waals surface area (Å²) < 4.78 is 2.25. The molecule has 2 aliphatic carbocycles. The number of para-hydroxylation sites is 1. The summed E-state index contributed by atoms with van der Waals surface area (Å²) in [4.78, 5) is 32.5. The van der Waals surface area contributed by atoms with Gasteiger partial charge in [-0.1, -0.05) is 31.0 Å². The molecule has 6 rings (SSSR count). The lowest BCUT2D eigenvalue weighted by molar-refractivity contribution is -0.106. The lowest BCUT2D eigenvalue weighted by Gasteiger charge is -2.31. The maximum Gasteiger partial charge on any atom is 0.430 e. The fourth-order valence-electron chi connectivity index (χ4n) is 6.04. The summed E-state index contributed by atoms with van der Waals surface area (Å²) in [5, 5.41) is 11.7. The number of hydrogen-bond donors (Lipinski definition) is 4. The van der Waals surface area contributed by atoms with Gasteiger partial charge in [0.25, 0.3) is 0 Å². The van der Waals surface area contributed by atoms with Crippen LogP contribution in [0, 0.1) is 0 Å². The number of hydroxylamine groups is 2. The molecular formula is C28H41Cl2N9O2. The van der Waals surface area contributed by atoms with Crippen LogP contribution in [0.15, 0.2) is 36.7 Å². The van der Waals surface area contributed by atoms with E-state index in [9.17, 15) is 4.79 Å². The molecule has 2 saturated carbocycles. The molecular weight excluding hydrogens is 565 g/mol. The van der Waals surface area contributed by atoms with E-state index in [2.05, 4.69) is 20.5 Å². The third-order valence-corrected chi connectivity index (χ3v) is 8.27. The molecule has 0 unspecified atom stereocenters. The topological polar surface area (TPSA) is 135 Å². The van der Waals surface area contributed by atoms with Crippen LogP contribution >= 0.6 is 24.8 Å². The quantitative estimate of drug-likeness (QED) is 0.275. The molecule has 3 aromatic rings. The smallest absolute Gasteiger partial charge is 0.365 e. The average molecular weight is 607 g/mol. The van der Waals surface area contributed by atoms with Crippen molar-refractivity contribution in [1.29, 1.82) is 0 Å². The Hall–Kier alpha value is -2.86. The molecule has 1 saturated heterocycles. The standard InChI is InChI=1S/C28H39N9O2.2ClH/c29-19-10-12-21(13-11-19)32-27-34-25(24-26(35-27)37(18-30-24)23-8-4-5-9-23)31-22-14-16-36(17-15-22)39-28(38)33-20-6-2-1-3-7-20;;/h1-3,6-7,18-19,21-23H,4-5,8-17,29H2,(H,33,38)(H2,31,32,34,35);2*1H. The van der Waals surface area contributed by atoms with Crippen LogP contribution in [0.25, 0.3) is 11.2 Å². The Morgan fingerprint density at radius 1 is 0.878 bits per heavy atom. The number of amides is 1. The van der Waals surface area contributed by atoms with Gasteiger partial charge in [-0.15, -0.1) is 29.9 Å². The lowest BCUT2D eigenvalue weighted by atomic mass is 9.92. The van der Waals surface area contributed by atoms with Crippen LogP contribution in [0.4, 0.5) is 22.2 Å². The first kappa shape index (κ1) is 31.1. The van der Waals surface area contributed by atoms with Crippen molar-refractivity contribution in [2.45, 2.75) is 88.4 Å². The third kappa shape index (κ3) is 7.71. The number of anilines is 3. The minimum Gasteiger partial charge on any atom is -0.365 e. The number of carbonyl (C=O) groups excluding carboxylic acids is 1. The number of rotatable bonds is 7. The number of nitrogens with one attached hydrogen (secondary N) is 3. The van der Waals surface area contributed by atoms with Gasteiger partial charge in [0.1, 0.15) is 0 Å². The third-order valence-electron chi connectivity index (χ3n) is 8.27.